The summed E-state index contributed by atoms with van der Waals surface area (Å²) in [6.45, 7) is 4.72. The lowest BCUT2D eigenvalue weighted by molar-refractivity contribution is -0.133. The predicted octanol–water partition coefficient (Wildman–Crippen LogP) is 1.20. The molecule has 2 heterocycles. The molecule has 2 saturated heterocycles. The molecule has 2 fully saturated rings. The van der Waals surface area contributed by atoms with Crippen LogP contribution in [0.15, 0.2) is 30.3 Å². The molecule has 2 aliphatic rings. The van der Waals surface area contributed by atoms with E-state index in [1.54, 1.807) is 0 Å². The summed E-state index contributed by atoms with van der Waals surface area (Å²) in [6, 6.07) is 10.4. The van der Waals surface area contributed by atoms with Crippen molar-refractivity contribution in [3.8, 4) is 0 Å². The van der Waals surface area contributed by atoms with Crippen LogP contribution in [-0.4, -0.2) is 42.5 Å². The third kappa shape index (κ3) is 3.19. The fraction of sp³-hybridized carbons (Fsp3) is 0.562. The van der Waals surface area contributed by atoms with E-state index in [1.165, 1.54) is 0 Å². The summed E-state index contributed by atoms with van der Waals surface area (Å²) in [4.78, 5) is 14.8. The molecule has 0 radical (unpaired) electrons. The van der Waals surface area contributed by atoms with Crippen LogP contribution >= 0.6 is 0 Å². The van der Waals surface area contributed by atoms with Crippen molar-refractivity contribution in [1.29, 1.82) is 0 Å². The van der Waals surface area contributed by atoms with Crippen molar-refractivity contribution in [3.05, 3.63) is 30.3 Å². The minimum atomic E-state index is -0.133. The molecule has 3 rings (SSSR count). The van der Waals surface area contributed by atoms with Gasteiger partial charge in [0.15, 0.2) is 0 Å². The minimum Gasteiger partial charge on any atom is -0.374 e. The molecule has 0 spiro atoms. The van der Waals surface area contributed by atoms with E-state index in [0.29, 0.717) is 12.0 Å². The third-order valence-electron chi connectivity index (χ3n) is 4.52. The number of rotatable bonds is 4. The molecule has 2 aliphatic heterocycles. The molecule has 3 atom stereocenters. The van der Waals surface area contributed by atoms with Crippen LogP contribution in [0, 0.1) is 5.92 Å². The Hall–Kier alpha value is -1.59. The van der Waals surface area contributed by atoms with Crippen molar-refractivity contribution in [2.45, 2.75) is 31.8 Å². The highest BCUT2D eigenvalue weighted by Crippen LogP contribution is 2.21. The molecule has 21 heavy (non-hydrogen) atoms. The predicted molar refractivity (Wildman–Crippen MR) is 83.8 cm³/mol. The Kier molecular flexibility index (Phi) is 4.41. The molecule has 3 N–H and O–H groups in total. The number of hydrogen-bond acceptors (Lipinski definition) is 4. The number of fused-ring (bicyclic) bond motifs is 1. The van der Waals surface area contributed by atoms with Crippen LogP contribution in [0.1, 0.15) is 19.8 Å². The van der Waals surface area contributed by atoms with Gasteiger partial charge < -0.3 is 10.2 Å². The average molecular weight is 288 g/mol. The zero-order chi connectivity index (χ0) is 14.7. The van der Waals surface area contributed by atoms with Gasteiger partial charge in [0.2, 0.25) is 5.91 Å². The fourth-order valence-corrected chi connectivity index (χ4v) is 3.24. The highest BCUT2D eigenvalue weighted by molar-refractivity contribution is 5.84. The van der Waals surface area contributed by atoms with Gasteiger partial charge in [0.1, 0.15) is 6.04 Å². The van der Waals surface area contributed by atoms with Crippen LogP contribution in [-0.2, 0) is 4.79 Å². The summed E-state index contributed by atoms with van der Waals surface area (Å²) in [5.74, 6) is 0.767. The number of nitrogens with zero attached hydrogens (tertiary/aromatic N) is 1. The first-order chi connectivity index (χ1) is 10.3. The lowest BCUT2D eigenvalue weighted by Crippen LogP contribution is -2.51. The van der Waals surface area contributed by atoms with Crippen molar-refractivity contribution < 1.29 is 4.79 Å². The van der Waals surface area contributed by atoms with Gasteiger partial charge in [-0.1, -0.05) is 25.1 Å². The SMILES string of the molecule is CCC(Nc1ccccc1)C(=O)N1CCC2NNCC2C1. The molecular weight excluding hydrogens is 264 g/mol. The minimum absolute atomic E-state index is 0.133. The maximum Gasteiger partial charge on any atom is 0.245 e. The van der Waals surface area contributed by atoms with Gasteiger partial charge in [0.25, 0.3) is 0 Å². The molecule has 1 aromatic rings. The Labute approximate surface area is 126 Å². The molecule has 0 aromatic heterocycles. The molecule has 5 nitrogen and oxygen atoms in total. The number of carbonyl (C=O) groups is 1. The standard InChI is InChI=1S/C16H24N4O/c1-2-14(18-13-6-4-3-5-7-13)16(21)20-9-8-15-12(11-20)10-17-19-15/h3-7,12,14-15,17-19H,2,8-11H2,1H3. The monoisotopic (exact) mass is 288 g/mol. The van der Waals surface area contributed by atoms with Gasteiger partial charge in [0.05, 0.1) is 0 Å². The number of piperidine rings is 1. The highest BCUT2D eigenvalue weighted by Gasteiger charge is 2.35. The fourth-order valence-electron chi connectivity index (χ4n) is 3.24. The van der Waals surface area contributed by atoms with Gasteiger partial charge in [-0.05, 0) is 25.0 Å². The second-order valence-electron chi connectivity index (χ2n) is 5.94. The van der Waals surface area contributed by atoms with Crippen molar-refractivity contribution in [1.82, 2.24) is 15.8 Å². The Morgan fingerprint density at radius 1 is 1.43 bits per heavy atom. The Bertz CT molecular complexity index is 478. The maximum absolute atomic E-state index is 12.7. The van der Waals surface area contributed by atoms with Gasteiger partial charge in [-0.2, -0.15) is 0 Å². The highest BCUT2D eigenvalue weighted by atomic mass is 16.2. The molecule has 1 amide bonds. The molecule has 1 aromatic carbocycles. The van der Waals surface area contributed by atoms with Crippen molar-refractivity contribution in [3.63, 3.8) is 0 Å². The van der Waals surface area contributed by atoms with Gasteiger partial charge in [-0.25, -0.2) is 0 Å². The van der Waals surface area contributed by atoms with E-state index in [9.17, 15) is 4.79 Å². The van der Waals surface area contributed by atoms with Crippen molar-refractivity contribution in [2.24, 2.45) is 5.92 Å². The number of anilines is 1. The first-order valence-electron chi connectivity index (χ1n) is 7.86. The van der Waals surface area contributed by atoms with Crippen molar-refractivity contribution in [2.75, 3.05) is 25.0 Å². The van der Waals surface area contributed by atoms with E-state index in [-0.39, 0.29) is 11.9 Å². The Balaban J connectivity index is 1.62. The van der Waals surface area contributed by atoms with Crippen molar-refractivity contribution >= 4 is 11.6 Å². The summed E-state index contributed by atoms with van der Waals surface area (Å²) in [5.41, 5.74) is 7.51. The topological polar surface area (TPSA) is 56.4 Å². The summed E-state index contributed by atoms with van der Waals surface area (Å²) in [7, 11) is 0. The number of amides is 1. The maximum atomic E-state index is 12.7. The molecule has 0 saturated carbocycles. The summed E-state index contributed by atoms with van der Waals surface area (Å²) < 4.78 is 0. The Morgan fingerprint density at radius 3 is 3.00 bits per heavy atom. The van der Waals surface area contributed by atoms with Crippen LogP contribution in [0.4, 0.5) is 5.69 Å². The lowest BCUT2D eigenvalue weighted by Gasteiger charge is -2.36. The number of hydrogen-bond donors (Lipinski definition) is 3. The Morgan fingerprint density at radius 2 is 2.24 bits per heavy atom. The summed E-state index contributed by atoms with van der Waals surface area (Å²) >= 11 is 0. The number of likely N-dealkylation sites (tertiary alicyclic amines) is 1. The zero-order valence-corrected chi connectivity index (χ0v) is 12.5. The smallest absolute Gasteiger partial charge is 0.245 e. The molecule has 114 valence electrons. The molecule has 0 bridgehead atoms. The number of benzene rings is 1. The largest absolute Gasteiger partial charge is 0.374 e. The number of para-hydroxylation sites is 1. The van der Waals surface area contributed by atoms with Gasteiger partial charge >= 0.3 is 0 Å². The first-order valence-corrected chi connectivity index (χ1v) is 7.86. The van der Waals surface area contributed by atoms with Crippen LogP contribution < -0.4 is 16.2 Å². The lowest BCUT2D eigenvalue weighted by atomic mass is 9.93. The first kappa shape index (κ1) is 14.4. The van der Waals surface area contributed by atoms with E-state index >= 15 is 0 Å². The second-order valence-corrected chi connectivity index (χ2v) is 5.94. The van der Waals surface area contributed by atoms with Crippen LogP contribution in [0.5, 0.6) is 0 Å². The van der Waals surface area contributed by atoms with Gasteiger partial charge in [0, 0.05) is 37.3 Å². The van der Waals surface area contributed by atoms with Crippen LogP contribution in [0.2, 0.25) is 0 Å². The number of carbonyl (C=O) groups excluding carboxylic acids is 1. The van der Waals surface area contributed by atoms with E-state index in [0.717, 1.165) is 38.2 Å². The molecule has 0 aliphatic carbocycles. The molecule has 5 heteroatoms. The molecule has 3 unspecified atom stereocenters. The van der Waals surface area contributed by atoms with Crippen LogP contribution in [0.3, 0.4) is 0 Å². The summed E-state index contributed by atoms with van der Waals surface area (Å²) in [5, 5.41) is 3.36. The van der Waals surface area contributed by atoms with Gasteiger partial charge in [-0.15, -0.1) is 0 Å². The normalized spacial score (nSPS) is 26.2. The zero-order valence-electron chi connectivity index (χ0n) is 12.5. The number of hydrazine groups is 1. The van der Waals surface area contributed by atoms with E-state index < -0.39 is 0 Å². The second kappa shape index (κ2) is 6.45. The third-order valence-corrected chi connectivity index (χ3v) is 4.52. The van der Waals surface area contributed by atoms with E-state index in [4.69, 9.17) is 0 Å². The summed E-state index contributed by atoms with van der Waals surface area (Å²) in [6.07, 6.45) is 1.83. The quantitative estimate of drug-likeness (QED) is 0.779. The van der Waals surface area contributed by atoms with E-state index in [1.807, 2.05) is 35.2 Å². The van der Waals surface area contributed by atoms with E-state index in [2.05, 4.69) is 23.1 Å². The van der Waals surface area contributed by atoms with Gasteiger partial charge in [-0.3, -0.25) is 15.6 Å². The van der Waals surface area contributed by atoms with Crippen LogP contribution in [0.25, 0.3) is 0 Å². The number of nitrogens with one attached hydrogen (secondary N) is 3. The molecular formula is C16H24N4O. The average Bonchev–Trinajstić information content (AvgIpc) is 3.00.